The molecule has 1 atom stereocenters. The van der Waals surface area contributed by atoms with Gasteiger partial charge in [0.05, 0.1) is 54.8 Å². The Morgan fingerprint density at radius 3 is 2.21 bits per heavy atom. The van der Waals surface area contributed by atoms with E-state index in [1.807, 2.05) is 0 Å². The monoisotopic (exact) mass is 486 g/mol. The lowest BCUT2D eigenvalue weighted by atomic mass is 10.1. The fourth-order valence-electron chi connectivity index (χ4n) is 3.33. The number of ether oxygens (including phenoxy) is 3. The van der Waals surface area contributed by atoms with Crippen LogP contribution < -0.4 is 15.0 Å². The smallest absolute Gasteiger partial charge is 0.337 e. The topological polar surface area (TPSA) is 128 Å². The van der Waals surface area contributed by atoms with Crippen molar-refractivity contribution in [2.75, 3.05) is 37.3 Å². The summed E-state index contributed by atoms with van der Waals surface area (Å²) in [6, 6.07) is 10.7. The Morgan fingerprint density at radius 2 is 1.62 bits per heavy atom. The second-order valence-corrected chi connectivity index (χ2v) is 8.26. The molecule has 0 radical (unpaired) electrons. The van der Waals surface area contributed by atoms with Crippen molar-refractivity contribution in [2.24, 2.45) is 0 Å². The third-order valence-electron chi connectivity index (χ3n) is 4.92. The Morgan fingerprint density at radius 1 is 1.00 bits per heavy atom. The number of anilines is 2. The van der Waals surface area contributed by atoms with E-state index in [1.165, 1.54) is 39.5 Å². The largest absolute Gasteiger partial charge is 0.495 e. The number of amides is 3. The van der Waals surface area contributed by atoms with E-state index in [0.717, 1.165) is 16.7 Å². The summed E-state index contributed by atoms with van der Waals surface area (Å²) in [5.41, 5.74) is 0.488. The zero-order valence-electron chi connectivity index (χ0n) is 18.7. The fourth-order valence-corrected chi connectivity index (χ4v) is 4.26. The van der Waals surface area contributed by atoms with Gasteiger partial charge in [-0.3, -0.25) is 14.4 Å². The van der Waals surface area contributed by atoms with Crippen molar-refractivity contribution in [1.82, 2.24) is 0 Å². The average molecular weight is 487 g/mol. The van der Waals surface area contributed by atoms with E-state index in [9.17, 15) is 24.0 Å². The summed E-state index contributed by atoms with van der Waals surface area (Å²) < 4.78 is 14.6. The van der Waals surface area contributed by atoms with Crippen LogP contribution in [0.5, 0.6) is 5.75 Å². The Kier molecular flexibility index (Phi) is 7.90. The molecule has 0 saturated carbocycles. The molecular weight excluding hydrogens is 464 g/mol. The molecule has 2 aromatic carbocycles. The van der Waals surface area contributed by atoms with Crippen molar-refractivity contribution >= 4 is 52.8 Å². The number of methoxy groups -OCH3 is 3. The number of para-hydroxylation sites is 2. The van der Waals surface area contributed by atoms with Crippen molar-refractivity contribution in [1.29, 1.82) is 0 Å². The van der Waals surface area contributed by atoms with Crippen LogP contribution in [0.25, 0.3) is 0 Å². The maximum absolute atomic E-state index is 13.0. The molecule has 1 fully saturated rings. The first kappa shape index (κ1) is 24.8. The third kappa shape index (κ3) is 5.37. The van der Waals surface area contributed by atoms with E-state index in [-0.39, 0.29) is 34.9 Å². The molecule has 0 aromatic heterocycles. The van der Waals surface area contributed by atoms with E-state index in [2.05, 4.69) is 5.32 Å². The number of carbonyl (C=O) groups excluding carboxylic acids is 5. The number of hydrogen-bond donors (Lipinski definition) is 1. The van der Waals surface area contributed by atoms with E-state index in [4.69, 9.17) is 14.2 Å². The first-order valence-corrected chi connectivity index (χ1v) is 11.1. The molecule has 1 heterocycles. The number of imide groups is 1. The standard InChI is InChI=1S/C23H22N2O8S/c1-31-17-7-5-4-6-16(17)24-19(26)12-34-18-11-20(27)25(21(18)28)15-9-13(22(29)32-2)8-14(10-15)23(30)33-3/h4-10,18H,11-12H2,1-3H3,(H,24,26). The molecule has 1 N–H and O–H groups in total. The van der Waals surface area contributed by atoms with Gasteiger partial charge in [-0.25, -0.2) is 14.5 Å². The summed E-state index contributed by atoms with van der Waals surface area (Å²) in [6.07, 6.45) is -0.137. The van der Waals surface area contributed by atoms with Crippen LogP contribution in [0.15, 0.2) is 42.5 Å². The number of carbonyl (C=O) groups is 5. The molecule has 10 nitrogen and oxygen atoms in total. The lowest BCUT2D eigenvalue weighted by Gasteiger charge is -2.17. The number of nitrogens with zero attached hydrogens (tertiary/aromatic N) is 1. The van der Waals surface area contributed by atoms with Gasteiger partial charge in [0.2, 0.25) is 17.7 Å². The summed E-state index contributed by atoms with van der Waals surface area (Å²) in [7, 11) is 3.82. The molecule has 0 spiro atoms. The molecule has 3 rings (SSSR count). The SMILES string of the molecule is COC(=O)c1cc(C(=O)OC)cc(N2C(=O)CC(SCC(=O)Nc3ccccc3OC)C2=O)c1. The quantitative estimate of drug-likeness (QED) is 0.441. The summed E-state index contributed by atoms with van der Waals surface area (Å²) in [5, 5.41) is 1.90. The molecule has 1 unspecified atom stereocenters. The molecule has 178 valence electrons. The van der Waals surface area contributed by atoms with Crippen LogP contribution in [0.4, 0.5) is 11.4 Å². The van der Waals surface area contributed by atoms with Gasteiger partial charge < -0.3 is 19.5 Å². The van der Waals surface area contributed by atoms with E-state index >= 15 is 0 Å². The molecule has 1 aliphatic rings. The van der Waals surface area contributed by atoms with Crippen molar-refractivity contribution in [3.05, 3.63) is 53.6 Å². The highest BCUT2D eigenvalue weighted by Crippen LogP contribution is 2.32. The number of esters is 2. The van der Waals surface area contributed by atoms with E-state index < -0.39 is 29.0 Å². The van der Waals surface area contributed by atoms with Crippen LogP contribution in [-0.4, -0.2) is 62.0 Å². The van der Waals surface area contributed by atoms with Crippen molar-refractivity contribution < 1.29 is 38.2 Å². The van der Waals surface area contributed by atoms with Gasteiger partial charge in [-0.05, 0) is 30.3 Å². The van der Waals surface area contributed by atoms with Gasteiger partial charge in [-0.2, -0.15) is 0 Å². The van der Waals surface area contributed by atoms with Gasteiger partial charge in [-0.1, -0.05) is 12.1 Å². The highest BCUT2D eigenvalue weighted by atomic mass is 32.2. The Labute approximate surface area is 199 Å². The average Bonchev–Trinajstić information content (AvgIpc) is 3.14. The third-order valence-corrected chi connectivity index (χ3v) is 6.12. The fraction of sp³-hybridized carbons (Fsp3) is 0.261. The van der Waals surface area contributed by atoms with Gasteiger partial charge in [-0.15, -0.1) is 11.8 Å². The predicted octanol–water partition coefficient (Wildman–Crippen LogP) is 2.27. The highest BCUT2D eigenvalue weighted by Gasteiger charge is 2.40. The zero-order chi connectivity index (χ0) is 24.8. The maximum atomic E-state index is 13.0. The Hall–Kier alpha value is -3.86. The minimum Gasteiger partial charge on any atom is -0.495 e. The summed E-state index contributed by atoms with van der Waals surface area (Å²) in [6.45, 7) is 0. The first-order valence-electron chi connectivity index (χ1n) is 10.0. The first-order chi connectivity index (χ1) is 16.3. The lowest BCUT2D eigenvalue weighted by molar-refractivity contribution is -0.121. The van der Waals surface area contributed by atoms with E-state index in [0.29, 0.717) is 11.4 Å². The van der Waals surface area contributed by atoms with Crippen LogP contribution in [0.2, 0.25) is 0 Å². The summed E-state index contributed by atoms with van der Waals surface area (Å²) >= 11 is 1.02. The second kappa shape index (κ2) is 10.8. The normalized spacial score (nSPS) is 15.1. The maximum Gasteiger partial charge on any atom is 0.337 e. The molecule has 34 heavy (non-hydrogen) atoms. The van der Waals surface area contributed by atoms with Crippen molar-refractivity contribution in [2.45, 2.75) is 11.7 Å². The molecule has 1 saturated heterocycles. The minimum absolute atomic E-state index is 0.0201. The Bertz CT molecular complexity index is 1120. The summed E-state index contributed by atoms with van der Waals surface area (Å²) in [4.78, 5) is 63.0. The minimum atomic E-state index is -0.806. The number of hydrogen-bond acceptors (Lipinski definition) is 9. The van der Waals surface area contributed by atoms with Crippen LogP contribution in [0.1, 0.15) is 27.1 Å². The van der Waals surface area contributed by atoms with Crippen LogP contribution in [0.3, 0.4) is 0 Å². The van der Waals surface area contributed by atoms with Crippen molar-refractivity contribution in [3.63, 3.8) is 0 Å². The van der Waals surface area contributed by atoms with Crippen LogP contribution in [0, 0.1) is 0 Å². The number of rotatable bonds is 8. The lowest BCUT2D eigenvalue weighted by Crippen LogP contribution is -2.32. The van der Waals surface area contributed by atoms with E-state index in [1.54, 1.807) is 24.3 Å². The van der Waals surface area contributed by atoms with Gasteiger partial charge in [0.1, 0.15) is 5.75 Å². The highest BCUT2D eigenvalue weighted by molar-refractivity contribution is 8.01. The second-order valence-electron chi connectivity index (χ2n) is 7.07. The van der Waals surface area contributed by atoms with Crippen molar-refractivity contribution in [3.8, 4) is 5.75 Å². The molecule has 0 bridgehead atoms. The predicted molar refractivity (Wildman–Crippen MR) is 124 cm³/mol. The Balaban J connectivity index is 1.75. The van der Waals surface area contributed by atoms with Crippen LogP contribution >= 0.6 is 11.8 Å². The molecule has 3 amide bonds. The van der Waals surface area contributed by atoms with Gasteiger partial charge in [0.25, 0.3) is 0 Å². The number of nitrogens with one attached hydrogen (secondary N) is 1. The van der Waals surface area contributed by atoms with Gasteiger partial charge in [0, 0.05) is 6.42 Å². The van der Waals surface area contributed by atoms with Gasteiger partial charge in [0.15, 0.2) is 0 Å². The molecule has 0 aliphatic carbocycles. The molecular formula is C23H22N2O8S. The summed E-state index contributed by atoms with van der Waals surface area (Å²) in [5.74, 6) is -2.52. The number of thioether (sulfide) groups is 1. The molecule has 2 aromatic rings. The molecule has 11 heteroatoms. The number of benzene rings is 2. The zero-order valence-corrected chi connectivity index (χ0v) is 19.5. The molecule has 1 aliphatic heterocycles. The van der Waals surface area contributed by atoms with Crippen LogP contribution in [-0.2, 0) is 23.9 Å². The van der Waals surface area contributed by atoms with Gasteiger partial charge >= 0.3 is 11.9 Å².